The van der Waals surface area contributed by atoms with Gasteiger partial charge in [0.1, 0.15) is 0 Å². The summed E-state index contributed by atoms with van der Waals surface area (Å²) in [5.74, 6) is 2.73. The van der Waals surface area contributed by atoms with Crippen molar-refractivity contribution in [2.75, 3.05) is 0 Å². The molecule has 0 rings (SSSR count). The first-order valence-corrected chi connectivity index (χ1v) is 9.61. The molecule has 0 heteroatoms. The van der Waals surface area contributed by atoms with Gasteiger partial charge in [0.25, 0.3) is 0 Å². The van der Waals surface area contributed by atoms with Crippen molar-refractivity contribution >= 4 is 0 Å². The first-order chi connectivity index (χ1) is 9.95. The summed E-state index contributed by atoms with van der Waals surface area (Å²) in [5, 5.41) is 0. The predicted molar refractivity (Wildman–Crippen MR) is 98.8 cm³/mol. The summed E-state index contributed by atoms with van der Waals surface area (Å²) in [5.41, 5.74) is 1.59. The lowest BCUT2D eigenvalue weighted by molar-refractivity contribution is 0.389. The highest BCUT2D eigenvalue weighted by Gasteiger charge is 2.06. The zero-order valence-electron chi connectivity index (χ0n) is 15.9. The molecule has 0 aromatic carbocycles. The Balaban J connectivity index is 3.52. The van der Waals surface area contributed by atoms with E-state index in [2.05, 4.69) is 47.6 Å². The van der Waals surface area contributed by atoms with Crippen LogP contribution in [-0.2, 0) is 0 Å². The third-order valence-corrected chi connectivity index (χ3v) is 4.69. The Kier molecular flexibility index (Phi) is 13.2. The molecule has 0 aromatic heterocycles. The van der Waals surface area contributed by atoms with E-state index in [1.165, 1.54) is 64.2 Å². The Hall–Kier alpha value is -0.260. The largest absolute Gasteiger partial charge is 0.0859 e. The van der Waals surface area contributed by atoms with Crippen LogP contribution in [0.15, 0.2) is 11.6 Å². The lowest BCUT2D eigenvalue weighted by Crippen LogP contribution is -2.00. The van der Waals surface area contributed by atoms with Gasteiger partial charge in [-0.3, -0.25) is 0 Å². The summed E-state index contributed by atoms with van der Waals surface area (Å²) in [4.78, 5) is 0. The van der Waals surface area contributed by atoms with E-state index in [1.54, 1.807) is 5.57 Å². The Labute approximate surface area is 135 Å². The second kappa shape index (κ2) is 13.4. The van der Waals surface area contributed by atoms with Gasteiger partial charge < -0.3 is 0 Å². The number of rotatable bonds is 13. The van der Waals surface area contributed by atoms with Crippen molar-refractivity contribution in [2.24, 2.45) is 17.8 Å². The van der Waals surface area contributed by atoms with Crippen LogP contribution in [0.4, 0.5) is 0 Å². The molecule has 0 unspecified atom stereocenters. The molecule has 2 atom stereocenters. The lowest BCUT2D eigenvalue weighted by Gasteiger charge is -2.15. The number of allylic oxidation sites excluding steroid dienone is 2. The Bertz CT molecular complexity index is 249. The minimum atomic E-state index is 0.877. The number of hydrogen-bond donors (Lipinski definition) is 0. The van der Waals surface area contributed by atoms with Gasteiger partial charge in [-0.05, 0) is 43.9 Å². The minimum absolute atomic E-state index is 0.877. The SMILES string of the molecule is CC/C=C(/C)CCC[C@H](C)CCC[C@H](C)CCCC(C)C. The van der Waals surface area contributed by atoms with E-state index < -0.39 is 0 Å². The molecule has 0 aliphatic heterocycles. The molecular formula is C21H42. The zero-order valence-corrected chi connectivity index (χ0v) is 15.9. The third-order valence-electron chi connectivity index (χ3n) is 4.69. The average molecular weight is 295 g/mol. The highest BCUT2D eigenvalue weighted by atomic mass is 14.1. The predicted octanol–water partition coefficient (Wildman–Crippen LogP) is 7.78. The van der Waals surface area contributed by atoms with Crippen LogP contribution in [0.3, 0.4) is 0 Å². The van der Waals surface area contributed by atoms with Crippen LogP contribution in [0.2, 0.25) is 0 Å². The molecule has 126 valence electrons. The smallest absolute Gasteiger partial charge is 0.0323 e. The molecule has 0 amide bonds. The molecule has 21 heavy (non-hydrogen) atoms. The first kappa shape index (κ1) is 20.7. The van der Waals surface area contributed by atoms with E-state index in [9.17, 15) is 0 Å². The molecule has 0 nitrogen and oxygen atoms in total. The van der Waals surface area contributed by atoms with Crippen LogP contribution in [0.5, 0.6) is 0 Å². The lowest BCUT2D eigenvalue weighted by atomic mass is 9.91. The van der Waals surface area contributed by atoms with Crippen molar-refractivity contribution in [3.05, 3.63) is 11.6 Å². The molecule has 0 heterocycles. The fourth-order valence-corrected chi connectivity index (χ4v) is 3.16. The normalized spacial score (nSPS) is 15.5. The van der Waals surface area contributed by atoms with Crippen LogP contribution in [0.1, 0.15) is 106 Å². The van der Waals surface area contributed by atoms with Crippen molar-refractivity contribution in [3.8, 4) is 0 Å². The topological polar surface area (TPSA) is 0 Å². The third kappa shape index (κ3) is 14.4. The van der Waals surface area contributed by atoms with E-state index in [4.69, 9.17) is 0 Å². The van der Waals surface area contributed by atoms with Crippen LogP contribution in [0, 0.1) is 17.8 Å². The molecule has 0 radical (unpaired) electrons. The van der Waals surface area contributed by atoms with Crippen LogP contribution in [-0.4, -0.2) is 0 Å². The first-order valence-electron chi connectivity index (χ1n) is 9.61. The van der Waals surface area contributed by atoms with Gasteiger partial charge in [-0.1, -0.05) is 91.2 Å². The number of hydrogen-bond acceptors (Lipinski definition) is 0. The Morgan fingerprint density at radius 1 is 0.762 bits per heavy atom. The molecule has 0 saturated heterocycles. The van der Waals surface area contributed by atoms with Gasteiger partial charge in [-0.15, -0.1) is 0 Å². The van der Waals surface area contributed by atoms with Crippen LogP contribution < -0.4 is 0 Å². The summed E-state index contributed by atoms with van der Waals surface area (Å²) in [6.07, 6.45) is 16.3. The van der Waals surface area contributed by atoms with Gasteiger partial charge in [0.05, 0.1) is 0 Å². The van der Waals surface area contributed by atoms with E-state index in [1.807, 2.05) is 0 Å². The van der Waals surface area contributed by atoms with E-state index in [0.29, 0.717) is 0 Å². The second-order valence-electron chi connectivity index (χ2n) is 7.82. The van der Waals surface area contributed by atoms with Crippen molar-refractivity contribution in [1.82, 2.24) is 0 Å². The summed E-state index contributed by atoms with van der Waals surface area (Å²) < 4.78 is 0. The molecule has 0 spiro atoms. The molecule has 0 saturated carbocycles. The van der Waals surface area contributed by atoms with Gasteiger partial charge in [0.15, 0.2) is 0 Å². The maximum atomic E-state index is 2.45. The van der Waals surface area contributed by atoms with Gasteiger partial charge in [0, 0.05) is 0 Å². The molecule has 0 fully saturated rings. The molecule has 0 N–H and O–H groups in total. The standard InChI is InChI=1S/C21H42/c1-7-11-19(4)14-9-15-21(6)17-10-16-20(5)13-8-12-18(2)3/h11,18,20-21H,7-10,12-17H2,1-6H3/b19-11-/t20-,21+/m1/s1. The van der Waals surface area contributed by atoms with Gasteiger partial charge in [0.2, 0.25) is 0 Å². The molecule has 0 bridgehead atoms. The quantitative estimate of drug-likeness (QED) is 0.304. The fraction of sp³-hybridized carbons (Fsp3) is 0.905. The van der Waals surface area contributed by atoms with E-state index in [-0.39, 0.29) is 0 Å². The summed E-state index contributed by atoms with van der Waals surface area (Å²) in [6, 6.07) is 0. The molecule has 0 aromatic rings. The summed E-state index contributed by atoms with van der Waals surface area (Å²) >= 11 is 0. The van der Waals surface area contributed by atoms with Gasteiger partial charge in [-0.2, -0.15) is 0 Å². The van der Waals surface area contributed by atoms with Gasteiger partial charge >= 0.3 is 0 Å². The average Bonchev–Trinajstić information content (AvgIpc) is 2.38. The van der Waals surface area contributed by atoms with E-state index >= 15 is 0 Å². The van der Waals surface area contributed by atoms with Crippen LogP contribution in [0.25, 0.3) is 0 Å². The minimum Gasteiger partial charge on any atom is -0.0859 e. The zero-order chi connectivity index (χ0) is 16.1. The Morgan fingerprint density at radius 3 is 1.71 bits per heavy atom. The highest BCUT2D eigenvalue weighted by Crippen LogP contribution is 2.22. The monoisotopic (exact) mass is 294 g/mol. The van der Waals surface area contributed by atoms with Crippen molar-refractivity contribution in [1.29, 1.82) is 0 Å². The van der Waals surface area contributed by atoms with E-state index in [0.717, 1.165) is 17.8 Å². The maximum absolute atomic E-state index is 2.45. The summed E-state index contributed by atoms with van der Waals surface area (Å²) in [7, 11) is 0. The van der Waals surface area contributed by atoms with Gasteiger partial charge in [-0.25, -0.2) is 0 Å². The van der Waals surface area contributed by atoms with Crippen molar-refractivity contribution < 1.29 is 0 Å². The summed E-state index contributed by atoms with van der Waals surface area (Å²) in [6.45, 7) is 14.1. The van der Waals surface area contributed by atoms with Crippen LogP contribution >= 0.6 is 0 Å². The fourth-order valence-electron chi connectivity index (χ4n) is 3.16. The Morgan fingerprint density at radius 2 is 1.24 bits per heavy atom. The second-order valence-corrected chi connectivity index (χ2v) is 7.82. The maximum Gasteiger partial charge on any atom is -0.0323 e. The van der Waals surface area contributed by atoms with Crippen molar-refractivity contribution in [2.45, 2.75) is 106 Å². The molecule has 0 aliphatic carbocycles. The van der Waals surface area contributed by atoms with Crippen molar-refractivity contribution in [3.63, 3.8) is 0 Å². The molecular weight excluding hydrogens is 252 g/mol. The highest BCUT2D eigenvalue weighted by molar-refractivity contribution is 4.96. The molecule has 0 aliphatic rings.